The van der Waals surface area contributed by atoms with Crippen LogP contribution < -0.4 is 21.3 Å². The van der Waals surface area contributed by atoms with Gasteiger partial charge in [0.15, 0.2) is 0 Å². The van der Waals surface area contributed by atoms with Crippen molar-refractivity contribution in [3.8, 4) is 0 Å². The molecule has 0 aromatic heterocycles. The van der Waals surface area contributed by atoms with Crippen molar-refractivity contribution in [3.05, 3.63) is 71.3 Å². The number of unbranched alkanes of at least 4 members (excludes halogenated alkanes) is 2. The molecular weight excluding hydrogens is 564 g/mol. The van der Waals surface area contributed by atoms with E-state index in [1.165, 1.54) is 11.1 Å². The molecule has 0 fully saturated rings. The highest BCUT2D eigenvalue weighted by Crippen LogP contribution is 2.11. The molecule has 0 saturated carbocycles. The molecule has 5 N–H and O–H groups in total. The van der Waals surface area contributed by atoms with Gasteiger partial charge in [0, 0.05) is 19.5 Å². The fourth-order valence-electron chi connectivity index (χ4n) is 4.39. The molecule has 240 valence electrons. The van der Waals surface area contributed by atoms with Gasteiger partial charge in [0.1, 0.15) is 11.6 Å². The molecule has 11 heteroatoms. The summed E-state index contributed by atoms with van der Waals surface area (Å²) in [4.78, 5) is 59.9. The molecule has 2 rings (SSSR count). The van der Waals surface area contributed by atoms with E-state index in [9.17, 15) is 24.0 Å². The van der Waals surface area contributed by atoms with Crippen LogP contribution in [0.25, 0.3) is 0 Å². The Kier molecular flexibility index (Phi) is 15.4. The summed E-state index contributed by atoms with van der Waals surface area (Å²) in [5.74, 6) is -1.56. The van der Waals surface area contributed by atoms with E-state index in [-0.39, 0.29) is 25.8 Å². The maximum atomic E-state index is 12.5. The Morgan fingerprint density at radius 1 is 0.750 bits per heavy atom. The molecule has 44 heavy (non-hydrogen) atoms. The second-order valence-electron chi connectivity index (χ2n) is 11.6. The number of nitrogens with one attached hydrogen (secondary N) is 4. The number of carbonyl (C=O) groups excluding carboxylic acids is 4. The van der Waals surface area contributed by atoms with Crippen LogP contribution in [-0.2, 0) is 38.4 Å². The van der Waals surface area contributed by atoms with E-state index in [4.69, 9.17) is 9.84 Å². The molecule has 1 atom stereocenters. The lowest BCUT2D eigenvalue weighted by Gasteiger charge is -2.20. The van der Waals surface area contributed by atoms with E-state index < -0.39 is 41.6 Å². The molecule has 0 saturated heterocycles. The summed E-state index contributed by atoms with van der Waals surface area (Å²) in [6.07, 6.45) is 3.35. The van der Waals surface area contributed by atoms with Crippen molar-refractivity contribution in [2.24, 2.45) is 0 Å². The lowest BCUT2D eigenvalue weighted by atomic mass is 10.0. The molecule has 11 nitrogen and oxygen atoms in total. The van der Waals surface area contributed by atoms with Gasteiger partial charge < -0.3 is 25.8 Å². The van der Waals surface area contributed by atoms with Crippen LogP contribution in [0.15, 0.2) is 54.6 Å². The number of carbonyl (C=O) groups is 5. The highest BCUT2D eigenvalue weighted by atomic mass is 16.6. The zero-order chi connectivity index (χ0) is 32.4. The first-order valence-corrected chi connectivity index (χ1v) is 15.1. The summed E-state index contributed by atoms with van der Waals surface area (Å²) in [6.45, 7) is 5.51. The van der Waals surface area contributed by atoms with E-state index in [0.29, 0.717) is 19.4 Å². The van der Waals surface area contributed by atoms with Crippen molar-refractivity contribution in [2.75, 3.05) is 13.1 Å². The van der Waals surface area contributed by atoms with Crippen LogP contribution in [0.2, 0.25) is 0 Å². The maximum absolute atomic E-state index is 12.5. The fourth-order valence-corrected chi connectivity index (χ4v) is 4.39. The van der Waals surface area contributed by atoms with Crippen molar-refractivity contribution in [2.45, 2.75) is 90.2 Å². The normalized spacial score (nSPS) is 11.6. The summed E-state index contributed by atoms with van der Waals surface area (Å²) in [5, 5.41) is 18.7. The SMILES string of the molecule is CC(C)(C)OC(=O)NCCCC[C@H](NC(=O)O)C(=O)NCCC(=O)NC(=O)Cc1ccc(CCCCc2ccccc2)cc1. The van der Waals surface area contributed by atoms with Crippen LogP contribution >= 0.6 is 0 Å². The van der Waals surface area contributed by atoms with Gasteiger partial charge in [-0.15, -0.1) is 0 Å². The zero-order valence-electron chi connectivity index (χ0n) is 25.9. The number of rotatable bonds is 17. The molecule has 0 aliphatic rings. The number of hydrogen-bond donors (Lipinski definition) is 5. The van der Waals surface area contributed by atoms with Crippen LogP contribution in [0.5, 0.6) is 0 Å². The average Bonchev–Trinajstić information content (AvgIpc) is 2.94. The Labute approximate surface area is 259 Å². The molecule has 0 radical (unpaired) electrons. The number of aryl methyl sites for hydroxylation is 2. The van der Waals surface area contributed by atoms with Crippen molar-refractivity contribution in [1.82, 2.24) is 21.3 Å². The number of amides is 5. The summed E-state index contributed by atoms with van der Waals surface area (Å²) >= 11 is 0. The van der Waals surface area contributed by atoms with Crippen LogP contribution in [0.1, 0.15) is 76.0 Å². The quantitative estimate of drug-likeness (QED) is 0.167. The first-order valence-electron chi connectivity index (χ1n) is 15.1. The number of carboxylic acid groups (broad SMARTS) is 1. The third-order valence-corrected chi connectivity index (χ3v) is 6.54. The van der Waals surface area contributed by atoms with Crippen LogP contribution in [0.3, 0.4) is 0 Å². The van der Waals surface area contributed by atoms with Crippen LogP contribution in [0, 0.1) is 0 Å². The Bertz CT molecular complexity index is 1210. The largest absolute Gasteiger partial charge is 0.465 e. The van der Waals surface area contributed by atoms with Gasteiger partial charge in [-0.3, -0.25) is 19.7 Å². The summed E-state index contributed by atoms with van der Waals surface area (Å²) in [5.41, 5.74) is 2.71. The standard InChI is InChI=1S/C33H46N4O7/c1-33(2,3)44-32(43)35-21-10-9-15-27(36-31(41)42)30(40)34-22-20-28(38)37-29(39)23-26-18-16-25(17-19-26)14-8-7-13-24-11-5-4-6-12-24/h4-6,11-12,16-19,27,36H,7-10,13-15,20-23H2,1-3H3,(H,34,40)(H,35,43)(H,41,42)(H,37,38,39)/t27-/m0/s1. The Morgan fingerprint density at radius 2 is 1.36 bits per heavy atom. The third kappa shape index (κ3) is 16.3. The third-order valence-electron chi connectivity index (χ3n) is 6.54. The summed E-state index contributed by atoms with van der Waals surface area (Å²) in [6, 6.07) is 17.1. The Hall–Kier alpha value is -4.41. The first kappa shape index (κ1) is 35.8. The van der Waals surface area contributed by atoms with E-state index in [0.717, 1.165) is 31.2 Å². The topological polar surface area (TPSA) is 163 Å². The molecule has 0 spiro atoms. The molecule has 2 aromatic carbocycles. The highest BCUT2D eigenvalue weighted by Gasteiger charge is 2.21. The smallest absolute Gasteiger partial charge is 0.407 e. The molecular formula is C33H46N4O7. The number of imide groups is 1. The summed E-state index contributed by atoms with van der Waals surface area (Å²) in [7, 11) is 0. The number of alkyl carbamates (subject to hydrolysis) is 1. The molecule has 2 aromatic rings. The summed E-state index contributed by atoms with van der Waals surface area (Å²) < 4.78 is 5.15. The van der Waals surface area contributed by atoms with E-state index in [1.54, 1.807) is 20.8 Å². The predicted octanol–water partition coefficient (Wildman–Crippen LogP) is 4.27. The van der Waals surface area contributed by atoms with Crippen LogP contribution in [0.4, 0.5) is 9.59 Å². The lowest BCUT2D eigenvalue weighted by Crippen LogP contribution is -2.47. The second kappa shape index (κ2) is 19.0. The van der Waals surface area contributed by atoms with E-state index in [2.05, 4.69) is 45.5 Å². The minimum atomic E-state index is -1.35. The van der Waals surface area contributed by atoms with Crippen molar-refractivity contribution >= 4 is 29.9 Å². The average molecular weight is 611 g/mol. The van der Waals surface area contributed by atoms with Gasteiger partial charge >= 0.3 is 12.2 Å². The molecule has 0 aliphatic carbocycles. The van der Waals surface area contributed by atoms with Gasteiger partial charge in [0.2, 0.25) is 17.7 Å². The Balaban J connectivity index is 1.64. The van der Waals surface area contributed by atoms with Crippen LogP contribution in [-0.4, -0.2) is 59.7 Å². The molecule has 0 bridgehead atoms. The van der Waals surface area contributed by atoms with Gasteiger partial charge in [-0.25, -0.2) is 9.59 Å². The van der Waals surface area contributed by atoms with Gasteiger partial charge in [-0.1, -0.05) is 54.6 Å². The highest BCUT2D eigenvalue weighted by molar-refractivity contribution is 5.96. The van der Waals surface area contributed by atoms with E-state index in [1.807, 2.05) is 30.3 Å². The number of benzene rings is 2. The van der Waals surface area contributed by atoms with Gasteiger partial charge in [0.05, 0.1) is 6.42 Å². The number of hydrogen-bond acceptors (Lipinski definition) is 6. The van der Waals surface area contributed by atoms with E-state index >= 15 is 0 Å². The number of ether oxygens (including phenoxy) is 1. The van der Waals surface area contributed by atoms with Crippen molar-refractivity contribution in [3.63, 3.8) is 0 Å². The minimum Gasteiger partial charge on any atom is -0.465 e. The molecule has 0 unspecified atom stereocenters. The molecule has 0 aliphatic heterocycles. The first-order chi connectivity index (χ1) is 20.9. The Morgan fingerprint density at radius 3 is 1.98 bits per heavy atom. The van der Waals surface area contributed by atoms with Gasteiger partial charge in [-0.05, 0) is 82.4 Å². The second-order valence-corrected chi connectivity index (χ2v) is 11.6. The van der Waals surface area contributed by atoms with Gasteiger partial charge in [-0.2, -0.15) is 0 Å². The fraction of sp³-hybridized carbons (Fsp3) is 0.485. The van der Waals surface area contributed by atoms with Crippen molar-refractivity contribution in [1.29, 1.82) is 0 Å². The predicted molar refractivity (Wildman–Crippen MR) is 167 cm³/mol. The van der Waals surface area contributed by atoms with Crippen molar-refractivity contribution < 1.29 is 33.8 Å². The lowest BCUT2D eigenvalue weighted by molar-refractivity contribution is -0.130. The monoisotopic (exact) mass is 610 g/mol. The molecule has 5 amide bonds. The van der Waals surface area contributed by atoms with Gasteiger partial charge in [0.25, 0.3) is 0 Å². The molecule has 0 heterocycles. The maximum Gasteiger partial charge on any atom is 0.407 e. The zero-order valence-corrected chi connectivity index (χ0v) is 25.9. The minimum absolute atomic E-state index is 0.0553.